The zero-order chi connectivity index (χ0) is 24.1. The minimum Gasteiger partial charge on any atom is -0.494 e. The maximum Gasteiger partial charge on any atom is 0.321 e. The highest BCUT2D eigenvalue weighted by Gasteiger charge is 2.25. The first-order valence-electron chi connectivity index (χ1n) is 11.6. The van der Waals surface area contributed by atoms with E-state index in [1.807, 2.05) is 51.1 Å². The lowest BCUT2D eigenvalue weighted by atomic mass is 10.0. The number of amides is 2. The van der Waals surface area contributed by atoms with Gasteiger partial charge >= 0.3 is 6.03 Å². The van der Waals surface area contributed by atoms with E-state index < -0.39 is 0 Å². The maximum absolute atomic E-state index is 14.3. The molecule has 0 atom stereocenters. The van der Waals surface area contributed by atoms with Gasteiger partial charge in [0.05, 0.1) is 6.61 Å². The first-order valence-corrected chi connectivity index (χ1v) is 11.6. The lowest BCUT2D eigenvalue weighted by Gasteiger charge is -2.36. The highest BCUT2D eigenvalue weighted by molar-refractivity contribution is 5.89. The highest BCUT2D eigenvalue weighted by atomic mass is 19.1. The second-order valence-corrected chi connectivity index (χ2v) is 8.29. The molecule has 1 aliphatic heterocycles. The van der Waals surface area contributed by atoms with Gasteiger partial charge in [0.15, 0.2) is 0 Å². The Hall–Kier alpha value is -3.68. The fourth-order valence-corrected chi connectivity index (χ4v) is 4.14. The number of anilines is 2. The molecule has 7 nitrogen and oxygen atoms in total. The first-order chi connectivity index (χ1) is 16.4. The number of urea groups is 1. The normalized spacial score (nSPS) is 13.6. The zero-order valence-corrected chi connectivity index (χ0v) is 19.8. The van der Waals surface area contributed by atoms with E-state index in [0.29, 0.717) is 50.6 Å². The second kappa shape index (κ2) is 10.5. The molecule has 1 fully saturated rings. The molecular weight excluding hydrogens is 433 g/mol. The summed E-state index contributed by atoms with van der Waals surface area (Å²) in [6.45, 7) is 8.73. The van der Waals surface area contributed by atoms with Gasteiger partial charge < -0.3 is 19.9 Å². The van der Waals surface area contributed by atoms with E-state index >= 15 is 0 Å². The van der Waals surface area contributed by atoms with Gasteiger partial charge in [0, 0.05) is 49.5 Å². The molecule has 0 saturated carbocycles. The van der Waals surface area contributed by atoms with Crippen LogP contribution in [0, 0.1) is 19.7 Å². The van der Waals surface area contributed by atoms with Crippen LogP contribution >= 0.6 is 0 Å². The molecule has 0 bridgehead atoms. The molecule has 34 heavy (non-hydrogen) atoms. The lowest BCUT2D eigenvalue weighted by molar-refractivity contribution is 0.208. The number of hydrogen-bond donors (Lipinski definition) is 1. The fourth-order valence-electron chi connectivity index (χ4n) is 4.14. The van der Waals surface area contributed by atoms with Crippen molar-refractivity contribution in [3.63, 3.8) is 0 Å². The van der Waals surface area contributed by atoms with Crippen molar-refractivity contribution in [1.29, 1.82) is 0 Å². The number of aryl methyl sites for hydroxylation is 2. The number of carbonyl (C=O) groups excluding carboxylic acids is 1. The van der Waals surface area contributed by atoms with E-state index in [0.717, 1.165) is 28.5 Å². The monoisotopic (exact) mass is 463 g/mol. The summed E-state index contributed by atoms with van der Waals surface area (Å²) in [5.41, 5.74) is 3.11. The Morgan fingerprint density at radius 3 is 2.41 bits per heavy atom. The van der Waals surface area contributed by atoms with Gasteiger partial charge in [-0.15, -0.1) is 0 Å². The van der Waals surface area contributed by atoms with Crippen LogP contribution in [0.25, 0.3) is 0 Å². The van der Waals surface area contributed by atoms with Crippen molar-refractivity contribution in [2.24, 2.45) is 0 Å². The molecule has 4 rings (SSSR count). The molecule has 0 spiro atoms. The summed E-state index contributed by atoms with van der Waals surface area (Å²) < 4.78 is 19.8. The van der Waals surface area contributed by atoms with Crippen LogP contribution in [0.15, 0.2) is 48.5 Å². The number of benzene rings is 2. The van der Waals surface area contributed by atoms with E-state index in [9.17, 15) is 9.18 Å². The fraction of sp³-hybridized carbons (Fsp3) is 0.346. The maximum atomic E-state index is 14.3. The Labute approximate surface area is 199 Å². The van der Waals surface area contributed by atoms with E-state index in [1.165, 1.54) is 6.07 Å². The van der Waals surface area contributed by atoms with Gasteiger partial charge in [-0.3, -0.25) is 0 Å². The predicted molar refractivity (Wildman–Crippen MR) is 131 cm³/mol. The van der Waals surface area contributed by atoms with Gasteiger partial charge in [0.1, 0.15) is 23.2 Å². The minimum atomic E-state index is -0.232. The highest BCUT2D eigenvalue weighted by Crippen LogP contribution is 2.26. The third kappa shape index (κ3) is 5.44. The van der Waals surface area contributed by atoms with Crippen LogP contribution in [-0.2, 0) is 6.42 Å². The third-order valence-electron chi connectivity index (χ3n) is 5.91. The van der Waals surface area contributed by atoms with E-state index in [1.54, 1.807) is 17.0 Å². The predicted octanol–water partition coefficient (Wildman–Crippen LogP) is 4.58. The average molecular weight is 464 g/mol. The third-order valence-corrected chi connectivity index (χ3v) is 5.91. The molecule has 0 aliphatic carbocycles. The van der Waals surface area contributed by atoms with Crippen LogP contribution in [0.3, 0.4) is 0 Å². The van der Waals surface area contributed by atoms with Crippen molar-refractivity contribution < 1.29 is 13.9 Å². The zero-order valence-electron chi connectivity index (χ0n) is 19.8. The van der Waals surface area contributed by atoms with Crippen LogP contribution in [-0.4, -0.2) is 53.7 Å². The number of piperazine rings is 1. The van der Waals surface area contributed by atoms with Crippen molar-refractivity contribution in [2.75, 3.05) is 43.0 Å². The second-order valence-electron chi connectivity index (χ2n) is 8.29. The van der Waals surface area contributed by atoms with Gasteiger partial charge in [0.2, 0.25) is 0 Å². The van der Waals surface area contributed by atoms with Crippen molar-refractivity contribution in [3.8, 4) is 5.75 Å². The SMILES string of the molecule is CCOc1ccc(NC(=O)N2CCN(c3nc(C)nc(C)c3Cc3ccccc3F)CC2)cc1. The lowest BCUT2D eigenvalue weighted by Crippen LogP contribution is -2.50. The molecule has 178 valence electrons. The number of carbonyl (C=O) groups is 1. The molecule has 0 unspecified atom stereocenters. The van der Waals surface area contributed by atoms with Crippen LogP contribution in [0.4, 0.5) is 20.7 Å². The summed E-state index contributed by atoms with van der Waals surface area (Å²) in [6.07, 6.45) is 0.423. The molecule has 1 aromatic heterocycles. The van der Waals surface area contributed by atoms with Crippen LogP contribution < -0.4 is 15.0 Å². The Kier molecular flexibility index (Phi) is 7.25. The molecule has 2 aromatic carbocycles. The van der Waals surface area contributed by atoms with Crippen LogP contribution in [0.5, 0.6) is 5.75 Å². The van der Waals surface area contributed by atoms with Gasteiger partial charge in [0.25, 0.3) is 0 Å². The smallest absolute Gasteiger partial charge is 0.321 e. The van der Waals surface area contributed by atoms with Crippen LogP contribution in [0.1, 0.15) is 29.6 Å². The van der Waals surface area contributed by atoms with Gasteiger partial charge in [-0.1, -0.05) is 18.2 Å². The quantitative estimate of drug-likeness (QED) is 0.580. The summed E-state index contributed by atoms with van der Waals surface area (Å²) >= 11 is 0. The average Bonchev–Trinajstić information content (AvgIpc) is 2.83. The minimum absolute atomic E-state index is 0.134. The number of nitrogens with zero attached hydrogens (tertiary/aromatic N) is 4. The largest absolute Gasteiger partial charge is 0.494 e. The summed E-state index contributed by atoms with van der Waals surface area (Å²) in [4.78, 5) is 26.0. The van der Waals surface area contributed by atoms with Crippen molar-refractivity contribution in [2.45, 2.75) is 27.2 Å². The summed E-state index contributed by atoms with van der Waals surface area (Å²) in [7, 11) is 0. The number of ether oxygens (including phenoxy) is 1. The molecule has 1 aliphatic rings. The van der Waals surface area contributed by atoms with Gasteiger partial charge in [-0.25, -0.2) is 19.2 Å². The molecule has 2 heterocycles. The number of rotatable bonds is 6. The van der Waals surface area contributed by atoms with E-state index in [2.05, 4.69) is 15.2 Å². The summed E-state index contributed by atoms with van der Waals surface area (Å²) in [6, 6.07) is 14.0. The topological polar surface area (TPSA) is 70.6 Å². The van der Waals surface area contributed by atoms with Gasteiger partial charge in [-0.2, -0.15) is 0 Å². The van der Waals surface area contributed by atoms with Crippen molar-refractivity contribution in [3.05, 3.63) is 77.0 Å². The summed E-state index contributed by atoms with van der Waals surface area (Å²) in [5.74, 6) is 2.04. The standard InChI is InChI=1S/C26H30FN5O2/c1-4-34-22-11-9-21(10-12-22)30-26(33)32-15-13-31(14-16-32)25-23(18(2)28-19(3)29-25)17-20-7-5-6-8-24(20)27/h5-12H,4,13-17H2,1-3H3,(H,30,33). The van der Waals surface area contributed by atoms with E-state index in [-0.39, 0.29) is 11.8 Å². The summed E-state index contributed by atoms with van der Waals surface area (Å²) in [5, 5.41) is 2.95. The molecule has 0 radical (unpaired) electrons. The Morgan fingerprint density at radius 1 is 1.03 bits per heavy atom. The Morgan fingerprint density at radius 2 is 1.74 bits per heavy atom. The molecule has 3 aromatic rings. The van der Waals surface area contributed by atoms with Gasteiger partial charge in [-0.05, 0) is 56.7 Å². The van der Waals surface area contributed by atoms with E-state index in [4.69, 9.17) is 9.72 Å². The molecular formula is C26H30FN5O2. The molecule has 1 saturated heterocycles. The van der Waals surface area contributed by atoms with Crippen molar-refractivity contribution >= 4 is 17.5 Å². The molecule has 2 amide bonds. The Bertz CT molecular complexity index is 1140. The Balaban J connectivity index is 1.43. The number of nitrogens with one attached hydrogen (secondary N) is 1. The molecule has 1 N–H and O–H groups in total. The number of aromatic nitrogens is 2. The first kappa shape index (κ1) is 23.5. The number of halogens is 1. The van der Waals surface area contributed by atoms with Crippen molar-refractivity contribution in [1.82, 2.24) is 14.9 Å². The molecule has 8 heteroatoms. The van der Waals surface area contributed by atoms with Crippen LogP contribution in [0.2, 0.25) is 0 Å². The number of hydrogen-bond acceptors (Lipinski definition) is 5.